The van der Waals surface area contributed by atoms with Crippen LogP contribution in [0, 0.1) is 22.4 Å². The van der Waals surface area contributed by atoms with Gasteiger partial charge < -0.3 is 25.8 Å². The number of aromatic carboxylic acids is 1. The number of guanidine groups is 1. The van der Waals surface area contributed by atoms with E-state index in [4.69, 9.17) is 10.1 Å². The van der Waals surface area contributed by atoms with Crippen molar-refractivity contribution in [3.63, 3.8) is 0 Å². The van der Waals surface area contributed by atoms with E-state index in [1.807, 2.05) is 6.07 Å². The predicted octanol–water partition coefficient (Wildman–Crippen LogP) is 2.01. The van der Waals surface area contributed by atoms with Crippen molar-refractivity contribution in [2.24, 2.45) is 0 Å². The monoisotopic (exact) mass is 486 g/mol. The number of aryl methyl sites for hydroxylation is 1. The van der Waals surface area contributed by atoms with E-state index in [2.05, 4.69) is 16.0 Å². The van der Waals surface area contributed by atoms with Crippen LogP contribution in [0.4, 0.5) is 10.5 Å². The van der Waals surface area contributed by atoms with Crippen LogP contribution in [0.2, 0.25) is 0 Å². The highest BCUT2D eigenvalue weighted by Crippen LogP contribution is 2.18. The van der Waals surface area contributed by atoms with Crippen molar-refractivity contribution < 1.29 is 29.3 Å². The van der Waals surface area contributed by atoms with Crippen LogP contribution in [-0.2, 0) is 16.1 Å². The number of carboxylic acids is 1. The van der Waals surface area contributed by atoms with Gasteiger partial charge in [0.2, 0.25) is 5.91 Å². The SMILES string of the molecule is Cc1ccc(C(=O)O)cc1NC(=O)[C@H](CCCNC(=N)N[N+](=O)[O-])NC(=O)OCc1ccccc1. The third-order valence-electron chi connectivity index (χ3n) is 4.74. The van der Waals surface area contributed by atoms with Gasteiger partial charge in [0.1, 0.15) is 12.6 Å². The average Bonchev–Trinajstić information content (AvgIpc) is 2.81. The van der Waals surface area contributed by atoms with E-state index < -0.39 is 35.0 Å². The lowest BCUT2D eigenvalue weighted by Gasteiger charge is -2.19. The van der Waals surface area contributed by atoms with Crippen LogP contribution in [0.1, 0.15) is 34.3 Å². The van der Waals surface area contributed by atoms with Crippen molar-refractivity contribution in [2.75, 3.05) is 11.9 Å². The Kier molecular flexibility index (Phi) is 9.97. The summed E-state index contributed by atoms with van der Waals surface area (Å²) in [5.41, 5.74) is 3.28. The number of benzene rings is 2. The Morgan fingerprint density at radius 2 is 1.89 bits per heavy atom. The number of carboxylic acid groups (broad SMARTS) is 1. The maximum atomic E-state index is 12.9. The Balaban J connectivity index is 2.03. The number of ether oxygens (including phenoxy) is 1. The summed E-state index contributed by atoms with van der Waals surface area (Å²) < 4.78 is 5.18. The lowest BCUT2D eigenvalue weighted by molar-refractivity contribution is -0.525. The molecule has 0 fully saturated rings. The molecule has 0 aromatic heterocycles. The van der Waals surface area contributed by atoms with E-state index in [1.54, 1.807) is 42.7 Å². The van der Waals surface area contributed by atoms with Gasteiger partial charge in [-0.1, -0.05) is 41.8 Å². The summed E-state index contributed by atoms with van der Waals surface area (Å²) >= 11 is 0. The molecule has 0 saturated carbocycles. The van der Waals surface area contributed by atoms with Crippen molar-refractivity contribution >= 4 is 29.6 Å². The number of rotatable bonds is 11. The van der Waals surface area contributed by atoms with Crippen LogP contribution < -0.4 is 21.4 Å². The molecule has 0 bridgehead atoms. The minimum absolute atomic E-state index is 0.00788. The van der Waals surface area contributed by atoms with Gasteiger partial charge in [0.15, 0.2) is 5.03 Å². The summed E-state index contributed by atoms with van der Waals surface area (Å²) in [6.45, 7) is 1.79. The molecule has 2 rings (SSSR count). The number of nitrogens with zero attached hydrogens (tertiary/aromatic N) is 1. The number of carbonyl (C=O) groups excluding carboxylic acids is 2. The lowest BCUT2D eigenvalue weighted by Crippen LogP contribution is -2.45. The fourth-order valence-corrected chi connectivity index (χ4v) is 2.94. The van der Waals surface area contributed by atoms with Gasteiger partial charge in [0.25, 0.3) is 5.96 Å². The quantitative estimate of drug-likeness (QED) is 0.0905. The van der Waals surface area contributed by atoms with Crippen molar-refractivity contribution in [3.8, 4) is 0 Å². The van der Waals surface area contributed by atoms with Gasteiger partial charge in [0.05, 0.1) is 5.56 Å². The summed E-state index contributed by atoms with van der Waals surface area (Å²) in [4.78, 5) is 46.9. The third-order valence-corrected chi connectivity index (χ3v) is 4.74. The van der Waals surface area contributed by atoms with Gasteiger partial charge in [-0.05, 0) is 43.0 Å². The molecule has 0 unspecified atom stereocenters. The third kappa shape index (κ3) is 9.37. The van der Waals surface area contributed by atoms with Gasteiger partial charge in [-0.25, -0.2) is 19.7 Å². The molecule has 6 N–H and O–H groups in total. The van der Waals surface area contributed by atoms with Gasteiger partial charge >= 0.3 is 12.1 Å². The van der Waals surface area contributed by atoms with E-state index in [1.165, 1.54) is 12.1 Å². The molecule has 2 aromatic carbocycles. The molecule has 13 nitrogen and oxygen atoms in total. The predicted molar refractivity (Wildman–Crippen MR) is 125 cm³/mol. The summed E-state index contributed by atoms with van der Waals surface area (Å²) in [5.74, 6) is -2.28. The molecule has 2 aromatic rings. The van der Waals surface area contributed by atoms with E-state index in [9.17, 15) is 29.6 Å². The van der Waals surface area contributed by atoms with E-state index in [0.717, 1.165) is 5.56 Å². The zero-order chi connectivity index (χ0) is 25.8. The van der Waals surface area contributed by atoms with E-state index in [0.29, 0.717) is 5.56 Å². The molecule has 0 saturated heterocycles. The molecule has 0 aliphatic rings. The van der Waals surface area contributed by atoms with Crippen molar-refractivity contribution in [1.82, 2.24) is 16.1 Å². The molecule has 0 aliphatic carbocycles. The molecule has 0 radical (unpaired) electrons. The lowest BCUT2D eigenvalue weighted by atomic mass is 10.1. The van der Waals surface area contributed by atoms with Crippen LogP contribution >= 0.6 is 0 Å². The maximum absolute atomic E-state index is 12.9. The molecular formula is C22H26N6O7. The minimum Gasteiger partial charge on any atom is -0.478 e. The van der Waals surface area contributed by atoms with Crippen LogP contribution in [0.25, 0.3) is 0 Å². The smallest absolute Gasteiger partial charge is 0.408 e. The second-order valence-corrected chi connectivity index (χ2v) is 7.40. The number of hydrogen-bond donors (Lipinski definition) is 6. The molecule has 0 heterocycles. The normalized spacial score (nSPS) is 11.0. The number of hydrazine groups is 1. The first-order valence-corrected chi connectivity index (χ1v) is 10.5. The topological polar surface area (TPSA) is 196 Å². The highest BCUT2D eigenvalue weighted by Gasteiger charge is 2.22. The minimum atomic E-state index is -1.16. The second-order valence-electron chi connectivity index (χ2n) is 7.40. The number of anilines is 1. The molecule has 2 amide bonds. The van der Waals surface area contributed by atoms with Gasteiger partial charge in [0, 0.05) is 12.2 Å². The molecule has 35 heavy (non-hydrogen) atoms. The molecule has 1 atom stereocenters. The first-order chi connectivity index (χ1) is 16.7. The Bertz CT molecular complexity index is 1080. The summed E-state index contributed by atoms with van der Waals surface area (Å²) in [6, 6.07) is 12.1. The molecule has 186 valence electrons. The number of alkyl carbamates (subject to hydrolysis) is 1. The van der Waals surface area contributed by atoms with E-state index >= 15 is 0 Å². The standard InChI is InChI=1S/C22H26N6O7/c1-14-9-10-16(20(30)31)12-18(14)25-19(29)17(8-5-11-24-21(23)27-28(33)34)26-22(32)35-13-15-6-3-2-4-7-15/h2-4,6-7,9-10,12,17H,5,8,11,13H2,1H3,(H,25,29)(H,26,32)(H,30,31)(H3,23,24,27)/t17-/m0/s1. The van der Waals surface area contributed by atoms with Crippen LogP contribution in [0.3, 0.4) is 0 Å². The van der Waals surface area contributed by atoms with Crippen LogP contribution in [-0.4, -0.2) is 46.7 Å². The molecule has 13 heteroatoms. The average molecular weight is 486 g/mol. The summed E-state index contributed by atoms with van der Waals surface area (Å²) in [6.07, 6.45) is -0.476. The molecule has 0 aliphatic heterocycles. The Hall–Kier alpha value is -4.68. The Labute approximate surface area is 200 Å². The summed E-state index contributed by atoms with van der Waals surface area (Å²) in [5, 5.41) is 33.6. The van der Waals surface area contributed by atoms with Crippen LogP contribution in [0.15, 0.2) is 48.5 Å². The fraction of sp³-hybridized carbons (Fsp3) is 0.273. The maximum Gasteiger partial charge on any atom is 0.408 e. The van der Waals surface area contributed by atoms with Gasteiger partial charge in [-0.2, -0.15) is 0 Å². The number of nitro groups is 1. The molecular weight excluding hydrogens is 460 g/mol. The Morgan fingerprint density at radius 3 is 2.54 bits per heavy atom. The zero-order valence-corrected chi connectivity index (χ0v) is 18.9. The van der Waals surface area contributed by atoms with Crippen molar-refractivity contribution in [2.45, 2.75) is 32.4 Å². The van der Waals surface area contributed by atoms with Gasteiger partial charge in [-0.3, -0.25) is 10.2 Å². The Morgan fingerprint density at radius 1 is 1.17 bits per heavy atom. The van der Waals surface area contributed by atoms with Crippen molar-refractivity contribution in [1.29, 1.82) is 5.41 Å². The largest absolute Gasteiger partial charge is 0.478 e. The first-order valence-electron chi connectivity index (χ1n) is 10.5. The first kappa shape index (κ1) is 26.6. The fourth-order valence-electron chi connectivity index (χ4n) is 2.94. The van der Waals surface area contributed by atoms with Gasteiger partial charge in [-0.15, -0.1) is 0 Å². The number of nitrogens with one attached hydrogen (secondary N) is 5. The number of carbonyl (C=O) groups is 3. The zero-order valence-electron chi connectivity index (χ0n) is 18.9. The molecule has 0 spiro atoms. The summed E-state index contributed by atoms with van der Waals surface area (Å²) in [7, 11) is 0. The number of amides is 2. The highest BCUT2D eigenvalue weighted by molar-refractivity contribution is 5.98. The number of hydrogen-bond acceptors (Lipinski definition) is 7. The van der Waals surface area contributed by atoms with E-state index in [-0.39, 0.29) is 37.2 Å². The highest BCUT2D eigenvalue weighted by atomic mass is 16.7. The van der Waals surface area contributed by atoms with Crippen molar-refractivity contribution in [3.05, 3.63) is 75.3 Å². The van der Waals surface area contributed by atoms with Crippen LogP contribution in [0.5, 0.6) is 0 Å². The second kappa shape index (κ2) is 13.1.